The molecule has 1 aromatic carbocycles. The number of hydrogen-bond donors (Lipinski definition) is 1. The Labute approximate surface area is 116 Å². The number of nitro benzene ring substituents is 1. The molecule has 0 amide bonds. The molecule has 0 bridgehead atoms. The lowest BCUT2D eigenvalue weighted by Crippen LogP contribution is -2.14. The van der Waals surface area contributed by atoms with Gasteiger partial charge in [-0.3, -0.25) is 10.1 Å². The second-order valence-electron chi connectivity index (χ2n) is 4.46. The summed E-state index contributed by atoms with van der Waals surface area (Å²) in [6.45, 7) is 4.32. The lowest BCUT2D eigenvalue weighted by molar-refractivity contribution is -0.385. The second-order valence-corrected chi connectivity index (χ2v) is 5.32. The van der Waals surface area contributed by atoms with Crippen molar-refractivity contribution in [2.45, 2.75) is 45.6 Å². The smallest absolute Gasteiger partial charge is 0.283 e. The average Bonchev–Trinajstić information content (AvgIpc) is 2.28. The molecule has 0 aromatic heterocycles. The van der Waals surface area contributed by atoms with Crippen LogP contribution in [0.4, 0.5) is 11.4 Å². The molecule has 1 rings (SSSR count). The van der Waals surface area contributed by atoms with Crippen molar-refractivity contribution in [3.63, 3.8) is 0 Å². The van der Waals surface area contributed by atoms with Crippen molar-refractivity contribution in [1.82, 2.24) is 0 Å². The molecule has 0 aliphatic heterocycles. The van der Waals surface area contributed by atoms with E-state index in [1.807, 2.05) is 0 Å². The molecule has 0 radical (unpaired) electrons. The summed E-state index contributed by atoms with van der Waals surface area (Å²) >= 11 is 3.22. The van der Waals surface area contributed by atoms with Crippen molar-refractivity contribution in [2.24, 2.45) is 0 Å². The molecule has 0 fully saturated rings. The van der Waals surface area contributed by atoms with E-state index in [1.165, 1.54) is 25.3 Å². The van der Waals surface area contributed by atoms with Crippen molar-refractivity contribution < 1.29 is 4.92 Å². The Morgan fingerprint density at radius 3 is 2.72 bits per heavy atom. The van der Waals surface area contributed by atoms with Crippen LogP contribution in [-0.4, -0.2) is 11.0 Å². The molecule has 0 spiro atoms. The lowest BCUT2D eigenvalue weighted by atomic mass is 10.1. The number of nitrogens with zero attached hydrogens (tertiary/aromatic N) is 1. The van der Waals surface area contributed by atoms with Gasteiger partial charge in [-0.05, 0) is 41.4 Å². The van der Waals surface area contributed by atoms with Crippen LogP contribution in [0.3, 0.4) is 0 Å². The maximum atomic E-state index is 10.7. The third kappa shape index (κ3) is 4.64. The van der Waals surface area contributed by atoms with Gasteiger partial charge in [-0.15, -0.1) is 0 Å². The van der Waals surface area contributed by atoms with Gasteiger partial charge >= 0.3 is 0 Å². The molecule has 5 heteroatoms. The van der Waals surface area contributed by atoms with E-state index in [9.17, 15) is 10.1 Å². The lowest BCUT2D eigenvalue weighted by Gasteiger charge is -2.15. The number of nitro groups is 1. The third-order valence-corrected chi connectivity index (χ3v) is 3.43. The molecule has 1 atom stereocenters. The number of unbranched alkanes of at least 4 members (excludes halogenated alkanes) is 2. The Morgan fingerprint density at radius 2 is 2.17 bits per heavy atom. The fourth-order valence-electron chi connectivity index (χ4n) is 1.80. The van der Waals surface area contributed by atoms with Crippen LogP contribution in [0.15, 0.2) is 22.7 Å². The number of rotatable bonds is 7. The van der Waals surface area contributed by atoms with Gasteiger partial charge in [-0.25, -0.2) is 0 Å². The molecule has 0 saturated heterocycles. The van der Waals surface area contributed by atoms with Gasteiger partial charge in [0.25, 0.3) is 5.69 Å². The van der Waals surface area contributed by atoms with E-state index in [0.717, 1.165) is 12.1 Å². The van der Waals surface area contributed by atoms with Crippen molar-refractivity contribution in [3.8, 4) is 0 Å². The fourth-order valence-corrected chi connectivity index (χ4v) is 2.33. The van der Waals surface area contributed by atoms with Crippen molar-refractivity contribution in [1.29, 1.82) is 0 Å². The van der Waals surface area contributed by atoms with Crippen LogP contribution in [0.5, 0.6) is 0 Å². The molecule has 0 saturated carbocycles. The van der Waals surface area contributed by atoms with E-state index in [4.69, 9.17) is 0 Å². The molecule has 1 aromatic rings. The molecule has 1 N–H and O–H groups in total. The molecular formula is C13H19BrN2O2. The summed E-state index contributed by atoms with van der Waals surface area (Å²) < 4.78 is 0.512. The van der Waals surface area contributed by atoms with Crippen molar-refractivity contribution in [2.75, 3.05) is 5.32 Å². The normalized spacial score (nSPS) is 12.2. The highest BCUT2D eigenvalue weighted by Gasteiger charge is 2.12. The Morgan fingerprint density at radius 1 is 1.44 bits per heavy atom. The van der Waals surface area contributed by atoms with Crippen LogP contribution in [-0.2, 0) is 0 Å². The molecule has 0 heterocycles. The average molecular weight is 315 g/mol. The zero-order valence-corrected chi connectivity index (χ0v) is 12.4. The molecule has 1 unspecified atom stereocenters. The standard InChI is InChI=1S/C13H19BrN2O2/c1-3-4-5-6-10(2)15-11-7-8-13(16(17)18)12(14)9-11/h7-10,15H,3-6H2,1-2H3. The van der Waals surface area contributed by atoms with Crippen LogP contribution < -0.4 is 5.32 Å². The van der Waals surface area contributed by atoms with E-state index in [1.54, 1.807) is 12.1 Å². The van der Waals surface area contributed by atoms with Gasteiger partial charge in [0, 0.05) is 17.8 Å². The Kier molecular flexibility index (Phi) is 6.12. The van der Waals surface area contributed by atoms with Crippen molar-refractivity contribution >= 4 is 27.3 Å². The number of benzene rings is 1. The highest BCUT2D eigenvalue weighted by atomic mass is 79.9. The Bertz CT molecular complexity index is 410. The van der Waals surface area contributed by atoms with Crippen LogP contribution in [0.2, 0.25) is 0 Å². The molecular weight excluding hydrogens is 296 g/mol. The molecule has 0 aliphatic carbocycles. The number of anilines is 1. The zero-order chi connectivity index (χ0) is 13.5. The van der Waals surface area contributed by atoms with Crippen molar-refractivity contribution in [3.05, 3.63) is 32.8 Å². The van der Waals surface area contributed by atoms with Gasteiger partial charge in [0.05, 0.1) is 9.40 Å². The highest BCUT2D eigenvalue weighted by Crippen LogP contribution is 2.28. The van der Waals surface area contributed by atoms with E-state index >= 15 is 0 Å². The minimum Gasteiger partial charge on any atom is -0.383 e. The first-order valence-electron chi connectivity index (χ1n) is 6.25. The van der Waals surface area contributed by atoms with E-state index in [-0.39, 0.29) is 5.69 Å². The predicted octanol–water partition coefficient (Wildman–Crippen LogP) is 4.74. The Hall–Kier alpha value is -1.10. The first kappa shape index (κ1) is 15.0. The predicted molar refractivity (Wildman–Crippen MR) is 78.0 cm³/mol. The van der Waals surface area contributed by atoms with Crippen LogP contribution in [0, 0.1) is 10.1 Å². The summed E-state index contributed by atoms with van der Waals surface area (Å²) in [5.74, 6) is 0. The number of hydrogen-bond acceptors (Lipinski definition) is 3. The number of nitrogens with one attached hydrogen (secondary N) is 1. The summed E-state index contributed by atoms with van der Waals surface area (Å²) in [7, 11) is 0. The summed E-state index contributed by atoms with van der Waals surface area (Å²) in [6.07, 6.45) is 4.78. The maximum absolute atomic E-state index is 10.7. The topological polar surface area (TPSA) is 55.2 Å². The van der Waals surface area contributed by atoms with E-state index in [0.29, 0.717) is 10.5 Å². The van der Waals surface area contributed by atoms with E-state index < -0.39 is 4.92 Å². The minimum absolute atomic E-state index is 0.0965. The van der Waals surface area contributed by atoms with Gasteiger partial charge in [-0.2, -0.15) is 0 Å². The van der Waals surface area contributed by atoms with Crippen LogP contribution in [0.25, 0.3) is 0 Å². The molecule has 18 heavy (non-hydrogen) atoms. The van der Waals surface area contributed by atoms with Gasteiger partial charge < -0.3 is 5.32 Å². The monoisotopic (exact) mass is 314 g/mol. The second kappa shape index (κ2) is 7.36. The highest BCUT2D eigenvalue weighted by molar-refractivity contribution is 9.10. The summed E-state index contributed by atoms with van der Waals surface area (Å²) in [6, 6.07) is 5.41. The van der Waals surface area contributed by atoms with Gasteiger partial charge in [0.15, 0.2) is 0 Å². The summed E-state index contributed by atoms with van der Waals surface area (Å²) in [5, 5.41) is 14.0. The zero-order valence-electron chi connectivity index (χ0n) is 10.8. The van der Waals surface area contributed by atoms with E-state index in [2.05, 4.69) is 35.1 Å². The number of halogens is 1. The SMILES string of the molecule is CCCCCC(C)Nc1ccc([N+](=O)[O-])c(Br)c1. The van der Waals surface area contributed by atoms with Gasteiger partial charge in [0.1, 0.15) is 0 Å². The summed E-state index contributed by atoms with van der Waals surface area (Å²) in [4.78, 5) is 10.3. The first-order chi connectivity index (χ1) is 8.54. The van der Waals surface area contributed by atoms with Gasteiger partial charge in [0.2, 0.25) is 0 Å². The molecule has 0 aliphatic rings. The maximum Gasteiger partial charge on any atom is 0.283 e. The first-order valence-corrected chi connectivity index (χ1v) is 7.04. The Balaban J connectivity index is 2.57. The van der Waals surface area contributed by atoms with Gasteiger partial charge in [-0.1, -0.05) is 26.2 Å². The van der Waals surface area contributed by atoms with Crippen LogP contribution >= 0.6 is 15.9 Å². The molecule has 100 valence electrons. The largest absolute Gasteiger partial charge is 0.383 e. The fraction of sp³-hybridized carbons (Fsp3) is 0.538. The summed E-state index contributed by atoms with van der Waals surface area (Å²) in [5.41, 5.74) is 1.01. The minimum atomic E-state index is -0.390. The molecule has 4 nitrogen and oxygen atoms in total. The van der Waals surface area contributed by atoms with Crippen LogP contribution in [0.1, 0.15) is 39.5 Å². The third-order valence-electron chi connectivity index (χ3n) is 2.80. The quantitative estimate of drug-likeness (QED) is 0.449.